The first kappa shape index (κ1) is 29.9. The summed E-state index contributed by atoms with van der Waals surface area (Å²) in [5.74, 6) is -1.52. The largest absolute Gasteiger partial charge is 0.468 e. The van der Waals surface area contributed by atoms with Gasteiger partial charge in [-0.3, -0.25) is 14.4 Å². The van der Waals surface area contributed by atoms with Crippen molar-refractivity contribution in [3.8, 4) is 0 Å². The van der Waals surface area contributed by atoms with E-state index in [4.69, 9.17) is 4.74 Å². The van der Waals surface area contributed by atoms with Crippen LogP contribution < -0.4 is 10.6 Å². The van der Waals surface area contributed by atoms with Crippen LogP contribution in [0.3, 0.4) is 0 Å². The summed E-state index contributed by atoms with van der Waals surface area (Å²) in [5, 5.41) is 5.18. The molecule has 9 nitrogen and oxygen atoms in total. The number of aryl methyl sites for hydroxylation is 1. The Morgan fingerprint density at radius 3 is 2.31 bits per heavy atom. The highest BCUT2D eigenvalue weighted by Gasteiger charge is 2.35. The standard InChI is InChI=1S/C26H41N3O6/c1-9-10-11-15-29(24(32)19(4)28-25(33)35-26(5,6)7)22(23(31)27-16-21(30)34-8)20-14-12-13-17(2)18(20)3/h12-14,19,22H,9-11,15-16H2,1-8H3,(H,27,31)(H,28,33). The Balaban J connectivity index is 3.39. The van der Waals surface area contributed by atoms with Gasteiger partial charge in [-0.2, -0.15) is 0 Å². The second-order valence-corrected chi connectivity index (χ2v) is 9.59. The van der Waals surface area contributed by atoms with Crippen LogP contribution in [0.1, 0.15) is 76.6 Å². The van der Waals surface area contributed by atoms with E-state index in [-0.39, 0.29) is 6.54 Å². The molecule has 0 bridgehead atoms. The van der Waals surface area contributed by atoms with E-state index in [1.54, 1.807) is 33.8 Å². The topological polar surface area (TPSA) is 114 Å². The molecule has 1 rings (SSSR count). The van der Waals surface area contributed by atoms with E-state index < -0.39 is 41.6 Å². The van der Waals surface area contributed by atoms with Gasteiger partial charge >= 0.3 is 12.1 Å². The van der Waals surface area contributed by atoms with E-state index in [9.17, 15) is 19.2 Å². The van der Waals surface area contributed by atoms with Crippen molar-refractivity contribution in [2.24, 2.45) is 0 Å². The quantitative estimate of drug-likeness (QED) is 0.361. The summed E-state index contributed by atoms with van der Waals surface area (Å²) in [4.78, 5) is 52.5. The van der Waals surface area contributed by atoms with Gasteiger partial charge in [-0.1, -0.05) is 38.0 Å². The molecule has 196 valence electrons. The molecule has 3 amide bonds. The zero-order valence-electron chi connectivity index (χ0n) is 22.3. The first-order valence-electron chi connectivity index (χ1n) is 12.0. The van der Waals surface area contributed by atoms with Gasteiger partial charge in [0.25, 0.3) is 0 Å². The van der Waals surface area contributed by atoms with Gasteiger partial charge in [0, 0.05) is 6.54 Å². The molecule has 0 fully saturated rings. The summed E-state index contributed by atoms with van der Waals surface area (Å²) in [5.41, 5.74) is 1.77. The lowest BCUT2D eigenvalue weighted by Crippen LogP contribution is -2.52. The fourth-order valence-electron chi connectivity index (χ4n) is 3.54. The summed E-state index contributed by atoms with van der Waals surface area (Å²) in [6.07, 6.45) is 1.75. The Bertz CT molecular complexity index is 894. The molecule has 1 aromatic carbocycles. The smallest absolute Gasteiger partial charge is 0.408 e. The van der Waals surface area contributed by atoms with Crippen LogP contribution in [0.25, 0.3) is 0 Å². The lowest BCUT2D eigenvalue weighted by Gasteiger charge is -2.34. The second-order valence-electron chi connectivity index (χ2n) is 9.59. The number of esters is 1. The third kappa shape index (κ3) is 9.58. The first-order valence-corrected chi connectivity index (χ1v) is 12.0. The molecular formula is C26H41N3O6. The third-order valence-corrected chi connectivity index (χ3v) is 5.53. The lowest BCUT2D eigenvalue weighted by molar-refractivity contribution is -0.144. The Hall–Kier alpha value is -3.10. The molecule has 0 radical (unpaired) electrons. The van der Waals surface area contributed by atoms with Gasteiger partial charge in [0.15, 0.2) is 0 Å². The molecule has 0 heterocycles. The van der Waals surface area contributed by atoms with E-state index in [1.807, 2.05) is 32.9 Å². The maximum Gasteiger partial charge on any atom is 0.408 e. The van der Waals surface area contributed by atoms with Gasteiger partial charge < -0.3 is 25.0 Å². The number of amides is 3. The minimum absolute atomic E-state index is 0.302. The number of rotatable bonds is 11. The van der Waals surface area contributed by atoms with Crippen LogP contribution in [-0.4, -0.2) is 60.6 Å². The van der Waals surface area contributed by atoms with Crippen LogP contribution in [-0.2, 0) is 23.9 Å². The number of nitrogens with one attached hydrogen (secondary N) is 2. The number of carbonyl (C=O) groups excluding carboxylic acids is 4. The van der Waals surface area contributed by atoms with E-state index in [2.05, 4.69) is 15.4 Å². The van der Waals surface area contributed by atoms with Crippen molar-refractivity contribution in [1.29, 1.82) is 0 Å². The lowest BCUT2D eigenvalue weighted by atomic mass is 9.95. The summed E-state index contributed by atoms with van der Waals surface area (Å²) >= 11 is 0. The van der Waals surface area contributed by atoms with Crippen molar-refractivity contribution < 1.29 is 28.7 Å². The van der Waals surface area contributed by atoms with Crippen LogP contribution in [0.4, 0.5) is 4.79 Å². The number of nitrogens with zero attached hydrogens (tertiary/aromatic N) is 1. The zero-order chi connectivity index (χ0) is 26.8. The van der Waals surface area contributed by atoms with Crippen molar-refractivity contribution in [3.63, 3.8) is 0 Å². The molecule has 0 aliphatic heterocycles. The summed E-state index contributed by atoms with van der Waals surface area (Å²) in [6.45, 7) is 12.6. The van der Waals surface area contributed by atoms with Crippen molar-refractivity contribution in [1.82, 2.24) is 15.5 Å². The van der Waals surface area contributed by atoms with Gasteiger partial charge in [-0.25, -0.2) is 4.79 Å². The summed E-state index contributed by atoms with van der Waals surface area (Å²) in [6, 6.07) is 3.63. The molecule has 1 aromatic rings. The molecule has 2 unspecified atom stereocenters. The van der Waals surface area contributed by atoms with Crippen LogP contribution in [0.15, 0.2) is 18.2 Å². The Labute approximate surface area is 208 Å². The molecular weight excluding hydrogens is 450 g/mol. The molecule has 2 N–H and O–H groups in total. The van der Waals surface area contributed by atoms with Gasteiger partial charge in [0.2, 0.25) is 11.8 Å². The molecule has 0 aliphatic rings. The molecule has 0 saturated carbocycles. The van der Waals surface area contributed by atoms with Gasteiger partial charge in [-0.15, -0.1) is 0 Å². The monoisotopic (exact) mass is 491 g/mol. The van der Waals surface area contributed by atoms with Gasteiger partial charge in [0.05, 0.1) is 7.11 Å². The highest BCUT2D eigenvalue weighted by Crippen LogP contribution is 2.28. The average molecular weight is 492 g/mol. The van der Waals surface area contributed by atoms with E-state index in [0.29, 0.717) is 18.5 Å². The maximum atomic E-state index is 13.6. The first-order chi connectivity index (χ1) is 16.3. The third-order valence-electron chi connectivity index (χ3n) is 5.53. The average Bonchev–Trinajstić information content (AvgIpc) is 2.77. The number of alkyl carbamates (subject to hydrolysis) is 1. The van der Waals surface area contributed by atoms with E-state index >= 15 is 0 Å². The van der Waals surface area contributed by atoms with E-state index in [0.717, 1.165) is 24.0 Å². The SMILES string of the molecule is CCCCCN(C(=O)C(C)NC(=O)OC(C)(C)C)C(C(=O)NCC(=O)OC)c1cccc(C)c1C. The molecule has 35 heavy (non-hydrogen) atoms. The highest BCUT2D eigenvalue weighted by molar-refractivity contribution is 5.93. The second kappa shape index (κ2) is 13.7. The number of hydrogen-bond acceptors (Lipinski definition) is 6. The van der Waals surface area contributed by atoms with Gasteiger partial charge in [0.1, 0.15) is 24.2 Å². The van der Waals surface area contributed by atoms with Crippen LogP contribution in [0.5, 0.6) is 0 Å². The minimum Gasteiger partial charge on any atom is -0.468 e. The molecule has 0 saturated heterocycles. The van der Waals surface area contributed by atoms with Crippen LogP contribution >= 0.6 is 0 Å². The van der Waals surface area contributed by atoms with Crippen molar-refractivity contribution in [2.45, 2.75) is 85.4 Å². The van der Waals surface area contributed by atoms with Crippen molar-refractivity contribution in [3.05, 3.63) is 34.9 Å². The van der Waals surface area contributed by atoms with Gasteiger partial charge in [-0.05, 0) is 64.7 Å². The normalized spacial score (nSPS) is 12.8. The number of benzene rings is 1. The molecule has 0 aromatic heterocycles. The number of methoxy groups -OCH3 is 1. The van der Waals surface area contributed by atoms with E-state index in [1.165, 1.54) is 12.0 Å². The Kier molecular flexibility index (Phi) is 11.7. The molecule has 0 spiro atoms. The molecule has 2 atom stereocenters. The van der Waals surface area contributed by atoms with Crippen molar-refractivity contribution in [2.75, 3.05) is 20.2 Å². The number of carbonyl (C=O) groups is 4. The zero-order valence-corrected chi connectivity index (χ0v) is 22.3. The fraction of sp³-hybridized carbons (Fsp3) is 0.615. The Morgan fingerprint density at radius 1 is 1.09 bits per heavy atom. The van der Waals surface area contributed by atoms with Crippen LogP contribution in [0.2, 0.25) is 0 Å². The van der Waals surface area contributed by atoms with Crippen LogP contribution in [0, 0.1) is 13.8 Å². The number of unbranched alkanes of at least 4 members (excludes halogenated alkanes) is 2. The minimum atomic E-state index is -0.994. The molecule has 0 aliphatic carbocycles. The summed E-state index contributed by atoms with van der Waals surface area (Å²) in [7, 11) is 1.24. The Morgan fingerprint density at radius 2 is 1.74 bits per heavy atom. The number of hydrogen-bond donors (Lipinski definition) is 2. The maximum absolute atomic E-state index is 13.6. The molecule has 9 heteroatoms. The number of ether oxygens (including phenoxy) is 2. The predicted molar refractivity (Wildman–Crippen MR) is 134 cm³/mol. The summed E-state index contributed by atoms with van der Waals surface area (Å²) < 4.78 is 9.93. The highest BCUT2D eigenvalue weighted by atomic mass is 16.6. The predicted octanol–water partition coefficient (Wildman–Crippen LogP) is 3.57. The van der Waals surface area contributed by atoms with Crippen molar-refractivity contribution >= 4 is 23.9 Å². The fourth-order valence-corrected chi connectivity index (χ4v) is 3.54.